The molecule has 0 saturated carbocycles. The molecule has 1 heterocycles. The highest BCUT2D eigenvalue weighted by molar-refractivity contribution is 5.89. The second-order valence-corrected chi connectivity index (χ2v) is 5.66. The van der Waals surface area contributed by atoms with E-state index < -0.39 is 0 Å². The van der Waals surface area contributed by atoms with Crippen LogP contribution in [0.25, 0.3) is 0 Å². The van der Waals surface area contributed by atoms with Crippen LogP contribution in [-0.2, 0) is 11.3 Å². The highest BCUT2D eigenvalue weighted by atomic mass is 16.5. The molecule has 1 amide bonds. The van der Waals surface area contributed by atoms with Crippen molar-refractivity contribution < 1.29 is 14.3 Å². The van der Waals surface area contributed by atoms with Crippen molar-refractivity contribution in [2.45, 2.75) is 13.0 Å². The van der Waals surface area contributed by atoms with Crippen molar-refractivity contribution in [2.75, 3.05) is 19.0 Å². The topological polar surface area (TPSA) is 65.4 Å². The number of hydrogen-bond acceptors (Lipinski definition) is 4. The number of para-hydroxylation sites is 2. The van der Waals surface area contributed by atoms with E-state index in [1.165, 1.54) is 0 Å². The quantitative estimate of drug-likeness (QED) is 0.676. The van der Waals surface area contributed by atoms with Crippen LogP contribution in [0, 0.1) is 0 Å². The van der Waals surface area contributed by atoms with Crippen LogP contribution in [0.4, 0.5) is 5.82 Å². The van der Waals surface area contributed by atoms with Crippen molar-refractivity contribution in [1.29, 1.82) is 0 Å². The number of anilines is 1. The second-order valence-electron chi connectivity index (χ2n) is 5.66. The smallest absolute Gasteiger partial charge is 0.228 e. The summed E-state index contributed by atoms with van der Waals surface area (Å²) in [6.07, 6.45) is 1.90. The Balaban J connectivity index is 1.52. The summed E-state index contributed by atoms with van der Waals surface area (Å²) < 4.78 is 12.6. The van der Waals surface area contributed by atoms with E-state index in [4.69, 9.17) is 9.47 Å². The monoisotopic (exact) mass is 351 g/mol. The summed E-state index contributed by atoms with van der Waals surface area (Å²) in [5.74, 6) is 1.80. The molecule has 6 heteroatoms. The third kappa shape index (κ3) is 4.63. The van der Waals surface area contributed by atoms with Crippen LogP contribution in [-0.4, -0.2) is 29.4 Å². The summed E-state index contributed by atoms with van der Waals surface area (Å²) in [7, 11) is 1.59. The molecular formula is C20H21N3O3. The number of hydrogen-bond donors (Lipinski definition) is 1. The predicted molar refractivity (Wildman–Crippen MR) is 99.5 cm³/mol. The van der Waals surface area contributed by atoms with Gasteiger partial charge in [-0.2, -0.15) is 5.10 Å². The van der Waals surface area contributed by atoms with Crippen LogP contribution in [0.5, 0.6) is 11.5 Å². The van der Waals surface area contributed by atoms with E-state index in [1.807, 2.05) is 54.6 Å². The number of aromatic nitrogens is 2. The third-order valence-corrected chi connectivity index (χ3v) is 3.81. The molecule has 6 nitrogen and oxygen atoms in total. The molecule has 0 spiro atoms. The first-order valence-corrected chi connectivity index (χ1v) is 8.37. The lowest BCUT2D eigenvalue weighted by molar-refractivity contribution is -0.116. The van der Waals surface area contributed by atoms with Gasteiger partial charge >= 0.3 is 0 Å². The normalized spacial score (nSPS) is 10.3. The standard InChI is InChI=1S/C20H21N3O3/c1-25-17-9-5-6-10-18(17)26-14-12-20(24)22-19-11-13-21-23(19)15-16-7-3-2-4-8-16/h2-11,13H,12,14-15H2,1H3,(H,22,24). The minimum atomic E-state index is -0.130. The number of rotatable bonds is 8. The highest BCUT2D eigenvalue weighted by Gasteiger charge is 2.09. The first kappa shape index (κ1) is 17.5. The fourth-order valence-corrected chi connectivity index (χ4v) is 2.52. The zero-order valence-electron chi connectivity index (χ0n) is 14.6. The Kier molecular flexibility index (Phi) is 5.88. The van der Waals surface area contributed by atoms with Crippen LogP contribution in [0.3, 0.4) is 0 Å². The second kappa shape index (κ2) is 8.71. The van der Waals surface area contributed by atoms with Gasteiger partial charge in [-0.25, -0.2) is 4.68 Å². The molecular weight excluding hydrogens is 330 g/mol. The summed E-state index contributed by atoms with van der Waals surface area (Å²) in [5, 5.41) is 7.15. The van der Waals surface area contributed by atoms with Gasteiger partial charge in [0, 0.05) is 6.07 Å². The number of ether oxygens (including phenoxy) is 2. The van der Waals surface area contributed by atoms with E-state index >= 15 is 0 Å². The Labute approximate surface area is 152 Å². The Morgan fingerprint density at radius 3 is 2.54 bits per heavy atom. The molecule has 3 rings (SSSR count). The minimum absolute atomic E-state index is 0.130. The molecule has 1 aromatic heterocycles. The molecule has 0 aliphatic heterocycles. The molecule has 0 fully saturated rings. The van der Waals surface area contributed by atoms with Gasteiger partial charge in [0.2, 0.25) is 5.91 Å². The predicted octanol–water partition coefficient (Wildman–Crippen LogP) is 3.35. The Bertz CT molecular complexity index is 846. The fraction of sp³-hybridized carbons (Fsp3) is 0.200. The SMILES string of the molecule is COc1ccccc1OCCC(=O)Nc1ccnn1Cc1ccccc1. The molecule has 0 atom stereocenters. The number of methoxy groups -OCH3 is 1. The highest BCUT2D eigenvalue weighted by Crippen LogP contribution is 2.25. The summed E-state index contributed by atoms with van der Waals surface area (Å²) in [4.78, 5) is 12.2. The van der Waals surface area contributed by atoms with E-state index in [9.17, 15) is 4.79 Å². The van der Waals surface area contributed by atoms with Gasteiger partial charge in [0.05, 0.1) is 32.9 Å². The molecule has 0 aliphatic rings. The van der Waals surface area contributed by atoms with E-state index in [1.54, 1.807) is 24.1 Å². The van der Waals surface area contributed by atoms with Gasteiger partial charge in [0.1, 0.15) is 5.82 Å². The molecule has 0 saturated heterocycles. The molecule has 134 valence electrons. The van der Waals surface area contributed by atoms with Crippen molar-refractivity contribution >= 4 is 11.7 Å². The van der Waals surface area contributed by atoms with Gasteiger partial charge in [-0.05, 0) is 17.7 Å². The van der Waals surface area contributed by atoms with Crippen LogP contribution >= 0.6 is 0 Å². The van der Waals surface area contributed by atoms with Gasteiger partial charge in [0.25, 0.3) is 0 Å². The zero-order chi connectivity index (χ0) is 18.2. The minimum Gasteiger partial charge on any atom is -0.493 e. The molecule has 0 bridgehead atoms. The number of benzene rings is 2. The summed E-state index contributed by atoms with van der Waals surface area (Å²) in [6.45, 7) is 0.861. The third-order valence-electron chi connectivity index (χ3n) is 3.81. The lowest BCUT2D eigenvalue weighted by atomic mass is 10.2. The van der Waals surface area contributed by atoms with E-state index in [-0.39, 0.29) is 18.9 Å². The van der Waals surface area contributed by atoms with Crippen molar-refractivity contribution in [3.8, 4) is 11.5 Å². The average molecular weight is 351 g/mol. The number of amides is 1. The van der Waals surface area contributed by atoms with Gasteiger partial charge in [-0.3, -0.25) is 4.79 Å². The number of nitrogens with one attached hydrogen (secondary N) is 1. The molecule has 2 aromatic carbocycles. The largest absolute Gasteiger partial charge is 0.493 e. The maximum absolute atomic E-state index is 12.2. The molecule has 26 heavy (non-hydrogen) atoms. The van der Waals surface area contributed by atoms with Crippen molar-refractivity contribution in [3.05, 3.63) is 72.4 Å². The van der Waals surface area contributed by atoms with Crippen molar-refractivity contribution in [2.24, 2.45) is 0 Å². The van der Waals surface area contributed by atoms with Gasteiger partial charge < -0.3 is 14.8 Å². The Morgan fingerprint density at radius 1 is 1.04 bits per heavy atom. The maximum Gasteiger partial charge on any atom is 0.228 e. The molecule has 0 aliphatic carbocycles. The van der Waals surface area contributed by atoms with E-state index in [0.717, 1.165) is 5.56 Å². The number of carbonyl (C=O) groups is 1. The van der Waals surface area contributed by atoms with Crippen LogP contribution in [0.1, 0.15) is 12.0 Å². The number of carbonyl (C=O) groups excluding carboxylic acids is 1. The summed E-state index contributed by atoms with van der Waals surface area (Å²) in [6, 6.07) is 19.1. The van der Waals surface area contributed by atoms with Crippen LogP contribution in [0.15, 0.2) is 66.9 Å². The lowest BCUT2D eigenvalue weighted by Gasteiger charge is -2.11. The van der Waals surface area contributed by atoms with Gasteiger partial charge in [-0.15, -0.1) is 0 Å². The van der Waals surface area contributed by atoms with Crippen molar-refractivity contribution in [1.82, 2.24) is 9.78 Å². The maximum atomic E-state index is 12.2. The van der Waals surface area contributed by atoms with Crippen molar-refractivity contribution in [3.63, 3.8) is 0 Å². The van der Waals surface area contributed by atoms with Crippen LogP contribution in [0.2, 0.25) is 0 Å². The molecule has 1 N–H and O–H groups in total. The molecule has 0 radical (unpaired) electrons. The van der Waals surface area contributed by atoms with Crippen LogP contribution < -0.4 is 14.8 Å². The van der Waals surface area contributed by atoms with E-state index in [0.29, 0.717) is 23.9 Å². The molecule has 3 aromatic rings. The van der Waals surface area contributed by atoms with Gasteiger partial charge in [0.15, 0.2) is 11.5 Å². The van der Waals surface area contributed by atoms with Gasteiger partial charge in [-0.1, -0.05) is 42.5 Å². The molecule has 0 unspecified atom stereocenters. The Morgan fingerprint density at radius 2 is 1.77 bits per heavy atom. The summed E-state index contributed by atoms with van der Waals surface area (Å²) >= 11 is 0. The fourth-order valence-electron chi connectivity index (χ4n) is 2.52. The number of nitrogens with zero attached hydrogens (tertiary/aromatic N) is 2. The van der Waals surface area contributed by atoms with E-state index in [2.05, 4.69) is 10.4 Å². The lowest BCUT2D eigenvalue weighted by Crippen LogP contribution is -2.18. The summed E-state index contributed by atoms with van der Waals surface area (Å²) in [5.41, 5.74) is 1.12. The average Bonchev–Trinajstić information content (AvgIpc) is 3.09. The first-order chi connectivity index (χ1) is 12.8. The first-order valence-electron chi connectivity index (χ1n) is 8.37. The Hall–Kier alpha value is -3.28. The zero-order valence-corrected chi connectivity index (χ0v) is 14.6.